The van der Waals surface area contributed by atoms with Crippen LogP contribution in [0, 0.1) is 0 Å². The highest BCUT2D eigenvalue weighted by atomic mass is 35.5. The van der Waals surface area contributed by atoms with Crippen molar-refractivity contribution >= 4 is 17.5 Å². The van der Waals surface area contributed by atoms with Crippen LogP contribution in [-0.4, -0.2) is 12.5 Å². The molecule has 3 nitrogen and oxygen atoms in total. The Hall–Kier alpha value is -1.84. The van der Waals surface area contributed by atoms with Crippen molar-refractivity contribution in [1.29, 1.82) is 0 Å². The largest absolute Gasteiger partial charge is 0.345 e. The summed E-state index contributed by atoms with van der Waals surface area (Å²) in [4.78, 5) is 12.2. The van der Waals surface area contributed by atoms with Gasteiger partial charge in [0, 0.05) is 10.6 Å². The van der Waals surface area contributed by atoms with Gasteiger partial charge in [-0.3, -0.25) is 4.79 Å². The number of hydrogen-bond acceptors (Lipinski definition) is 1. The average molecular weight is 346 g/mol. The fourth-order valence-electron chi connectivity index (χ4n) is 2.68. The van der Waals surface area contributed by atoms with Gasteiger partial charge in [0.15, 0.2) is 6.54 Å². The topological polar surface area (TPSA) is 45.7 Å². The minimum absolute atomic E-state index is 0.00688. The van der Waals surface area contributed by atoms with Crippen LogP contribution in [-0.2, 0) is 11.2 Å². The van der Waals surface area contributed by atoms with Crippen LogP contribution in [0.5, 0.6) is 0 Å². The number of nitrogens with one attached hydrogen (secondary N) is 1. The third-order valence-electron chi connectivity index (χ3n) is 4.32. The van der Waals surface area contributed by atoms with Gasteiger partial charge in [-0.15, -0.1) is 0 Å². The minimum Gasteiger partial charge on any atom is -0.345 e. The summed E-state index contributed by atoms with van der Waals surface area (Å²) < 4.78 is 0. The number of benzene rings is 2. The summed E-state index contributed by atoms with van der Waals surface area (Å²) >= 11 is 6.20. The molecule has 0 saturated carbocycles. The smallest absolute Gasteiger partial charge is 0.275 e. The molecule has 0 aromatic heterocycles. The molecular weight excluding hydrogens is 320 g/mol. The number of aryl methyl sites for hydroxylation is 1. The molecule has 4 heteroatoms. The van der Waals surface area contributed by atoms with Crippen molar-refractivity contribution in [2.24, 2.45) is 0 Å². The molecule has 0 aliphatic rings. The zero-order valence-corrected chi connectivity index (χ0v) is 15.3. The van der Waals surface area contributed by atoms with Crippen molar-refractivity contribution in [2.45, 2.75) is 39.3 Å². The van der Waals surface area contributed by atoms with Crippen LogP contribution in [0.25, 0.3) is 0 Å². The zero-order chi connectivity index (χ0) is 17.5. The molecule has 2 aromatic rings. The van der Waals surface area contributed by atoms with Crippen molar-refractivity contribution < 1.29 is 10.1 Å². The lowest BCUT2D eigenvalue weighted by atomic mass is 10.0. The van der Waals surface area contributed by atoms with E-state index in [2.05, 4.69) is 43.4 Å². The molecule has 1 amide bonds. The monoisotopic (exact) mass is 345 g/mol. The molecule has 0 spiro atoms. The van der Waals surface area contributed by atoms with Gasteiger partial charge in [0.2, 0.25) is 0 Å². The van der Waals surface area contributed by atoms with Crippen molar-refractivity contribution in [3.8, 4) is 0 Å². The van der Waals surface area contributed by atoms with E-state index in [1.807, 2.05) is 36.5 Å². The van der Waals surface area contributed by atoms with Gasteiger partial charge in [0.1, 0.15) is 6.04 Å². The Kier molecular flexibility index (Phi) is 6.83. The van der Waals surface area contributed by atoms with Gasteiger partial charge in [-0.2, -0.15) is 0 Å². The number of rotatable bonds is 7. The lowest BCUT2D eigenvalue weighted by Gasteiger charge is -2.16. The maximum Gasteiger partial charge on any atom is 0.275 e. The predicted molar refractivity (Wildman–Crippen MR) is 99.0 cm³/mol. The van der Waals surface area contributed by atoms with Crippen LogP contribution < -0.4 is 10.6 Å². The molecule has 0 fully saturated rings. The van der Waals surface area contributed by atoms with E-state index in [1.54, 1.807) is 0 Å². The molecule has 2 aromatic carbocycles. The molecule has 2 atom stereocenters. The highest BCUT2D eigenvalue weighted by Gasteiger charge is 2.15. The number of halogens is 1. The first-order valence-corrected chi connectivity index (χ1v) is 8.85. The van der Waals surface area contributed by atoms with E-state index in [-0.39, 0.29) is 18.0 Å². The van der Waals surface area contributed by atoms with Gasteiger partial charge in [-0.05, 0) is 37.5 Å². The molecule has 3 N–H and O–H groups in total. The highest BCUT2D eigenvalue weighted by Crippen LogP contribution is 2.19. The van der Waals surface area contributed by atoms with Crippen LogP contribution in [0.15, 0.2) is 48.5 Å². The number of carbonyl (C=O) groups is 1. The summed E-state index contributed by atoms with van der Waals surface area (Å²) in [5.41, 5.74) is 3.48. The van der Waals surface area contributed by atoms with E-state index < -0.39 is 0 Å². The summed E-state index contributed by atoms with van der Waals surface area (Å²) in [5.74, 6) is 0.0287. The first-order valence-electron chi connectivity index (χ1n) is 8.47. The molecule has 0 bridgehead atoms. The van der Waals surface area contributed by atoms with Crippen molar-refractivity contribution in [3.05, 3.63) is 70.2 Å². The molecule has 0 unspecified atom stereocenters. The molecule has 0 radical (unpaired) electrons. The van der Waals surface area contributed by atoms with E-state index >= 15 is 0 Å². The zero-order valence-electron chi connectivity index (χ0n) is 14.6. The van der Waals surface area contributed by atoms with E-state index in [9.17, 15) is 4.79 Å². The molecule has 0 saturated heterocycles. The Morgan fingerprint density at radius 2 is 1.79 bits per heavy atom. The van der Waals surface area contributed by atoms with Crippen LogP contribution in [0.1, 0.15) is 49.5 Å². The predicted octanol–water partition coefficient (Wildman–Crippen LogP) is 3.40. The summed E-state index contributed by atoms with van der Waals surface area (Å²) in [5, 5.41) is 5.80. The molecular formula is C20H26ClN2O+. The van der Waals surface area contributed by atoms with Crippen LogP contribution in [0.4, 0.5) is 0 Å². The molecule has 0 aliphatic carbocycles. The highest BCUT2D eigenvalue weighted by molar-refractivity contribution is 6.31. The van der Waals surface area contributed by atoms with Crippen molar-refractivity contribution in [3.63, 3.8) is 0 Å². The number of nitrogens with two attached hydrogens (primary N) is 1. The van der Waals surface area contributed by atoms with Gasteiger partial charge in [0.25, 0.3) is 5.91 Å². The van der Waals surface area contributed by atoms with Gasteiger partial charge < -0.3 is 10.6 Å². The van der Waals surface area contributed by atoms with Crippen LogP contribution >= 0.6 is 11.6 Å². The van der Waals surface area contributed by atoms with Crippen molar-refractivity contribution in [1.82, 2.24) is 5.32 Å². The van der Waals surface area contributed by atoms with E-state index in [4.69, 9.17) is 11.6 Å². The maximum atomic E-state index is 12.2. The Balaban J connectivity index is 1.85. The number of amides is 1. The fraction of sp³-hybridized carbons (Fsp3) is 0.350. The lowest BCUT2D eigenvalue weighted by molar-refractivity contribution is -0.682. The molecule has 0 heterocycles. The molecule has 2 rings (SSSR count). The number of quaternary nitrogens is 1. The molecule has 128 valence electrons. The lowest BCUT2D eigenvalue weighted by Crippen LogP contribution is -2.87. The normalized spacial score (nSPS) is 13.3. The Bertz CT molecular complexity index is 670. The first-order chi connectivity index (χ1) is 11.5. The maximum absolute atomic E-state index is 12.2. The van der Waals surface area contributed by atoms with Gasteiger partial charge >= 0.3 is 0 Å². The van der Waals surface area contributed by atoms with E-state index in [0.717, 1.165) is 22.6 Å². The van der Waals surface area contributed by atoms with Crippen molar-refractivity contribution in [2.75, 3.05) is 6.54 Å². The second-order valence-corrected chi connectivity index (χ2v) is 6.54. The Morgan fingerprint density at radius 1 is 1.12 bits per heavy atom. The van der Waals surface area contributed by atoms with Crippen LogP contribution in [0.2, 0.25) is 5.02 Å². The van der Waals surface area contributed by atoms with Gasteiger partial charge in [-0.25, -0.2) is 0 Å². The van der Waals surface area contributed by atoms with Gasteiger partial charge in [0.05, 0.1) is 6.04 Å². The second-order valence-electron chi connectivity index (χ2n) is 6.13. The van der Waals surface area contributed by atoms with E-state index in [0.29, 0.717) is 6.54 Å². The number of carbonyl (C=O) groups excluding carboxylic acids is 1. The summed E-state index contributed by atoms with van der Waals surface area (Å²) in [6.45, 7) is 6.58. The van der Waals surface area contributed by atoms with Crippen LogP contribution in [0.3, 0.4) is 0 Å². The molecule has 0 aliphatic heterocycles. The first kappa shape index (κ1) is 18.5. The Labute approximate surface area is 149 Å². The van der Waals surface area contributed by atoms with Gasteiger partial charge in [-0.1, -0.05) is 61.0 Å². The third-order valence-corrected chi connectivity index (χ3v) is 4.66. The average Bonchev–Trinajstić information content (AvgIpc) is 2.60. The third kappa shape index (κ3) is 5.08. The Morgan fingerprint density at radius 3 is 2.42 bits per heavy atom. The summed E-state index contributed by atoms with van der Waals surface area (Å²) in [6.07, 6.45) is 1.02. The summed E-state index contributed by atoms with van der Waals surface area (Å²) in [6, 6.07) is 16.3. The quantitative estimate of drug-likeness (QED) is 0.793. The molecule has 24 heavy (non-hydrogen) atoms. The number of hydrogen-bond donors (Lipinski definition) is 2. The SMILES string of the molecule is CCc1ccc([C@@H](C)NC(=O)C[NH2+][C@H](C)c2ccccc2Cl)cc1. The standard InChI is InChI=1S/C20H25ClN2O/c1-4-16-9-11-17(12-10-16)14(2)23-20(24)13-22-15(3)18-7-5-6-8-19(18)21/h5-12,14-15,22H,4,13H2,1-3H3,(H,23,24)/p+1/t14-,15-/m1/s1. The summed E-state index contributed by atoms with van der Waals surface area (Å²) in [7, 11) is 0. The minimum atomic E-state index is 0.00688. The second kappa shape index (κ2) is 8.86. The fourth-order valence-corrected chi connectivity index (χ4v) is 2.99. The van der Waals surface area contributed by atoms with E-state index in [1.165, 1.54) is 5.56 Å².